The van der Waals surface area contributed by atoms with Gasteiger partial charge in [0.1, 0.15) is 5.82 Å². The van der Waals surface area contributed by atoms with Gasteiger partial charge in [0.15, 0.2) is 5.17 Å². The molecule has 0 unspecified atom stereocenters. The second kappa shape index (κ2) is 9.06. The number of rotatable bonds is 4. The average molecular weight is 496 g/mol. The van der Waals surface area contributed by atoms with Gasteiger partial charge in [-0.25, -0.2) is 9.38 Å². The van der Waals surface area contributed by atoms with Crippen molar-refractivity contribution >= 4 is 68.7 Å². The van der Waals surface area contributed by atoms with Crippen molar-refractivity contribution in [3.63, 3.8) is 0 Å². The Kier molecular flexibility index (Phi) is 5.98. The van der Waals surface area contributed by atoms with E-state index in [1.807, 2.05) is 48.7 Å². The zero-order valence-electron chi connectivity index (χ0n) is 17.1. The maximum atomic E-state index is 13.1. The van der Waals surface area contributed by atoms with Crippen LogP contribution in [0.15, 0.2) is 82.8 Å². The summed E-state index contributed by atoms with van der Waals surface area (Å²) in [5, 5.41) is 5.44. The molecule has 1 fully saturated rings. The molecule has 4 aromatic rings. The van der Waals surface area contributed by atoms with Crippen LogP contribution in [0.2, 0.25) is 10.0 Å². The zero-order valence-corrected chi connectivity index (χ0v) is 19.4. The lowest BCUT2D eigenvalue weighted by atomic mass is 10.1. The first-order valence-electron chi connectivity index (χ1n) is 10.0. The van der Waals surface area contributed by atoms with Gasteiger partial charge in [0.25, 0.3) is 5.91 Å². The van der Waals surface area contributed by atoms with Crippen molar-refractivity contribution in [1.82, 2.24) is 9.88 Å². The van der Waals surface area contributed by atoms with Crippen LogP contribution >= 0.6 is 35.0 Å². The van der Waals surface area contributed by atoms with E-state index >= 15 is 0 Å². The predicted molar refractivity (Wildman–Crippen MR) is 135 cm³/mol. The fraction of sp³-hybridized carbons (Fsp3) is 0.0400. The molecule has 0 atom stereocenters. The van der Waals surface area contributed by atoms with Crippen LogP contribution in [0.4, 0.5) is 10.1 Å². The van der Waals surface area contributed by atoms with Crippen molar-refractivity contribution in [2.45, 2.75) is 6.54 Å². The van der Waals surface area contributed by atoms with Crippen molar-refractivity contribution in [3.05, 3.63) is 105 Å². The summed E-state index contributed by atoms with van der Waals surface area (Å²) in [5.74, 6) is -0.558. The summed E-state index contributed by atoms with van der Waals surface area (Å²) in [6, 6.07) is 19.2. The van der Waals surface area contributed by atoms with Crippen LogP contribution in [0.1, 0.15) is 11.1 Å². The number of aromatic nitrogens is 1. The quantitative estimate of drug-likeness (QED) is 0.309. The molecule has 0 saturated carbocycles. The van der Waals surface area contributed by atoms with Crippen LogP contribution in [0.25, 0.3) is 17.0 Å². The molecule has 1 aliphatic heterocycles. The Bertz CT molecular complexity index is 1440. The Labute approximate surface area is 203 Å². The third kappa shape index (κ3) is 4.69. The Morgan fingerprint density at radius 2 is 1.85 bits per heavy atom. The monoisotopic (exact) mass is 495 g/mol. The van der Waals surface area contributed by atoms with Crippen molar-refractivity contribution in [1.29, 1.82) is 0 Å². The Morgan fingerprint density at radius 3 is 2.64 bits per heavy atom. The third-order valence-corrected chi connectivity index (χ3v) is 6.67. The van der Waals surface area contributed by atoms with Crippen LogP contribution < -0.4 is 5.32 Å². The van der Waals surface area contributed by atoms with E-state index in [1.54, 1.807) is 18.2 Å². The largest absolute Gasteiger partial charge is 0.342 e. The molecule has 3 aromatic carbocycles. The molecule has 2 heterocycles. The molecule has 5 rings (SSSR count). The molecule has 1 aliphatic rings. The number of thioether (sulfide) groups is 1. The van der Waals surface area contributed by atoms with Gasteiger partial charge in [-0.1, -0.05) is 47.5 Å². The molecule has 1 amide bonds. The average Bonchev–Trinajstić information content (AvgIpc) is 3.32. The standard InChI is InChI=1S/C25H16Cl2FN3OS/c26-17-6-5-15(21(27)12-17)13-31-14-16(20-3-1-2-4-22(20)31)11-23-24(32)30-25(33-23)29-19-9-7-18(28)8-10-19/h1-12,14H,13H2,(H,29,30,32)/b23-11+. The van der Waals surface area contributed by atoms with E-state index in [0.717, 1.165) is 22.0 Å². The van der Waals surface area contributed by atoms with Gasteiger partial charge in [-0.05, 0) is 65.9 Å². The van der Waals surface area contributed by atoms with Crippen LogP contribution in [0.3, 0.4) is 0 Å². The highest BCUT2D eigenvalue weighted by molar-refractivity contribution is 8.18. The van der Waals surface area contributed by atoms with Crippen LogP contribution in [-0.4, -0.2) is 15.6 Å². The van der Waals surface area contributed by atoms with E-state index < -0.39 is 0 Å². The highest BCUT2D eigenvalue weighted by atomic mass is 35.5. The number of para-hydroxylation sites is 1. The molecular formula is C25H16Cl2FN3OS. The summed E-state index contributed by atoms with van der Waals surface area (Å²) in [6.45, 7) is 0.566. The Hall–Kier alpha value is -3.06. The normalized spacial score (nSPS) is 16.2. The molecule has 0 spiro atoms. The molecule has 0 aliphatic carbocycles. The first-order chi connectivity index (χ1) is 16.0. The van der Waals surface area contributed by atoms with Crippen LogP contribution in [-0.2, 0) is 11.3 Å². The van der Waals surface area contributed by atoms with Crippen molar-refractivity contribution < 1.29 is 9.18 Å². The van der Waals surface area contributed by atoms with Gasteiger partial charge in [-0.3, -0.25) is 4.79 Å². The SMILES string of the molecule is O=C1NC(=Nc2ccc(F)cc2)S/C1=C/c1cn(Cc2ccc(Cl)cc2Cl)c2ccccc12. The van der Waals surface area contributed by atoms with Crippen molar-refractivity contribution in [3.8, 4) is 0 Å². The highest BCUT2D eigenvalue weighted by Gasteiger charge is 2.24. The number of carbonyl (C=O) groups excluding carboxylic acids is 1. The number of carbonyl (C=O) groups is 1. The minimum Gasteiger partial charge on any atom is -0.342 e. The molecule has 8 heteroatoms. The van der Waals surface area contributed by atoms with Crippen molar-refractivity contribution in [2.75, 3.05) is 0 Å². The number of hydrogen-bond acceptors (Lipinski definition) is 3. The van der Waals surface area contributed by atoms with Gasteiger partial charge < -0.3 is 9.88 Å². The van der Waals surface area contributed by atoms with E-state index in [4.69, 9.17) is 23.2 Å². The van der Waals surface area contributed by atoms with Gasteiger partial charge in [0.2, 0.25) is 0 Å². The fourth-order valence-electron chi connectivity index (χ4n) is 3.61. The summed E-state index contributed by atoms with van der Waals surface area (Å²) in [5.41, 5.74) is 3.45. The lowest BCUT2D eigenvalue weighted by Crippen LogP contribution is -2.19. The molecule has 0 bridgehead atoms. The first kappa shape index (κ1) is 21.8. The minimum atomic E-state index is -0.334. The molecule has 33 heavy (non-hydrogen) atoms. The predicted octanol–water partition coefficient (Wildman–Crippen LogP) is 7.03. The maximum Gasteiger partial charge on any atom is 0.264 e. The van der Waals surface area contributed by atoms with E-state index in [1.165, 1.54) is 23.9 Å². The second-order valence-electron chi connectivity index (χ2n) is 7.42. The number of amides is 1. The lowest BCUT2D eigenvalue weighted by Gasteiger charge is -2.08. The number of amidine groups is 1. The Morgan fingerprint density at radius 1 is 1.06 bits per heavy atom. The lowest BCUT2D eigenvalue weighted by molar-refractivity contribution is -0.115. The number of aliphatic imine (C=N–C) groups is 1. The van der Waals surface area contributed by atoms with Gasteiger partial charge in [-0.15, -0.1) is 0 Å². The zero-order chi connectivity index (χ0) is 22.9. The second-order valence-corrected chi connectivity index (χ2v) is 9.30. The summed E-state index contributed by atoms with van der Waals surface area (Å²) < 4.78 is 15.2. The van der Waals surface area contributed by atoms with E-state index in [9.17, 15) is 9.18 Å². The van der Waals surface area contributed by atoms with Gasteiger partial charge >= 0.3 is 0 Å². The van der Waals surface area contributed by atoms with E-state index in [2.05, 4.69) is 14.9 Å². The van der Waals surface area contributed by atoms with E-state index in [-0.39, 0.29) is 11.7 Å². The third-order valence-electron chi connectivity index (χ3n) is 5.17. The summed E-state index contributed by atoms with van der Waals surface area (Å²) in [7, 11) is 0. The van der Waals surface area contributed by atoms with Crippen molar-refractivity contribution in [2.24, 2.45) is 4.99 Å². The number of hydrogen-bond donors (Lipinski definition) is 1. The molecule has 1 aromatic heterocycles. The molecular weight excluding hydrogens is 480 g/mol. The molecule has 164 valence electrons. The summed E-state index contributed by atoms with van der Waals surface area (Å²) in [6.07, 6.45) is 3.86. The van der Waals surface area contributed by atoms with Gasteiger partial charge in [0.05, 0.1) is 10.6 Å². The summed E-state index contributed by atoms with van der Waals surface area (Å²) in [4.78, 5) is 17.5. The molecule has 0 radical (unpaired) electrons. The number of nitrogens with one attached hydrogen (secondary N) is 1. The highest BCUT2D eigenvalue weighted by Crippen LogP contribution is 2.32. The molecule has 1 N–H and O–H groups in total. The minimum absolute atomic E-state index is 0.224. The first-order valence-corrected chi connectivity index (χ1v) is 11.6. The summed E-state index contributed by atoms with van der Waals surface area (Å²) >= 11 is 13.7. The van der Waals surface area contributed by atoms with Gasteiger partial charge in [0, 0.05) is 39.3 Å². The number of fused-ring (bicyclic) bond motifs is 1. The van der Waals surface area contributed by atoms with Crippen LogP contribution in [0, 0.1) is 5.82 Å². The van der Waals surface area contributed by atoms with Crippen LogP contribution in [0.5, 0.6) is 0 Å². The van der Waals surface area contributed by atoms with E-state index in [0.29, 0.717) is 32.4 Å². The molecule has 1 saturated heterocycles. The number of nitrogens with zero attached hydrogens (tertiary/aromatic N) is 2. The topological polar surface area (TPSA) is 46.4 Å². The Balaban J connectivity index is 1.47. The maximum absolute atomic E-state index is 13.1. The fourth-order valence-corrected chi connectivity index (χ4v) is 4.91. The number of halogens is 3. The molecule has 4 nitrogen and oxygen atoms in total. The van der Waals surface area contributed by atoms with Gasteiger partial charge in [-0.2, -0.15) is 0 Å². The smallest absolute Gasteiger partial charge is 0.264 e. The number of benzene rings is 3.